The fraction of sp³-hybridized carbons (Fsp3) is 0.667. The van der Waals surface area contributed by atoms with Crippen LogP contribution in [-0.4, -0.2) is 23.5 Å². The third kappa shape index (κ3) is 3.04. The molecular formula is C12H19N3OS. The van der Waals surface area contributed by atoms with Crippen LogP contribution < -0.4 is 10.6 Å². The van der Waals surface area contributed by atoms with Crippen molar-refractivity contribution in [3.63, 3.8) is 0 Å². The van der Waals surface area contributed by atoms with Gasteiger partial charge in [0.15, 0.2) is 0 Å². The van der Waals surface area contributed by atoms with Gasteiger partial charge in [-0.3, -0.25) is 4.79 Å². The molecule has 1 aliphatic heterocycles. The van der Waals surface area contributed by atoms with Crippen molar-refractivity contribution >= 4 is 17.2 Å². The highest BCUT2D eigenvalue weighted by Crippen LogP contribution is 2.20. The van der Waals surface area contributed by atoms with Gasteiger partial charge in [0.2, 0.25) is 5.91 Å². The van der Waals surface area contributed by atoms with Gasteiger partial charge in [0.1, 0.15) is 5.01 Å². The first-order valence-corrected chi connectivity index (χ1v) is 7.00. The predicted molar refractivity (Wildman–Crippen MR) is 69.1 cm³/mol. The van der Waals surface area contributed by atoms with Gasteiger partial charge in [-0.25, -0.2) is 4.98 Å². The van der Waals surface area contributed by atoms with E-state index in [0.717, 1.165) is 30.8 Å². The molecule has 2 heterocycles. The SMILES string of the molecule is CCc1cnc(C(C)NC(=O)C2CCCN2)s1. The lowest BCUT2D eigenvalue weighted by molar-refractivity contribution is -0.123. The molecule has 94 valence electrons. The van der Waals surface area contributed by atoms with E-state index in [0.29, 0.717) is 0 Å². The summed E-state index contributed by atoms with van der Waals surface area (Å²) in [5.41, 5.74) is 0. The summed E-state index contributed by atoms with van der Waals surface area (Å²) in [4.78, 5) is 17.5. The van der Waals surface area contributed by atoms with Crippen molar-refractivity contribution < 1.29 is 4.79 Å². The highest BCUT2D eigenvalue weighted by atomic mass is 32.1. The van der Waals surface area contributed by atoms with E-state index in [2.05, 4.69) is 22.5 Å². The summed E-state index contributed by atoms with van der Waals surface area (Å²) in [5.74, 6) is 0.100. The second-order valence-electron chi connectivity index (χ2n) is 4.40. The van der Waals surface area contributed by atoms with Crippen molar-refractivity contribution in [1.29, 1.82) is 0 Å². The highest BCUT2D eigenvalue weighted by Gasteiger charge is 2.24. The van der Waals surface area contributed by atoms with Gasteiger partial charge in [-0.05, 0) is 32.7 Å². The molecule has 2 rings (SSSR count). The van der Waals surface area contributed by atoms with E-state index in [1.54, 1.807) is 11.3 Å². The van der Waals surface area contributed by atoms with Gasteiger partial charge >= 0.3 is 0 Å². The van der Waals surface area contributed by atoms with Crippen LogP contribution in [0.3, 0.4) is 0 Å². The fourth-order valence-electron chi connectivity index (χ4n) is 1.97. The van der Waals surface area contributed by atoms with E-state index in [1.165, 1.54) is 4.88 Å². The van der Waals surface area contributed by atoms with Gasteiger partial charge in [-0.2, -0.15) is 0 Å². The molecule has 0 saturated carbocycles. The Morgan fingerprint density at radius 3 is 3.18 bits per heavy atom. The lowest BCUT2D eigenvalue weighted by Gasteiger charge is -2.15. The molecule has 17 heavy (non-hydrogen) atoms. The molecular weight excluding hydrogens is 234 g/mol. The lowest BCUT2D eigenvalue weighted by atomic mass is 10.2. The molecule has 0 aliphatic carbocycles. The Morgan fingerprint density at radius 1 is 1.76 bits per heavy atom. The molecule has 0 bridgehead atoms. The molecule has 1 amide bonds. The summed E-state index contributed by atoms with van der Waals surface area (Å²) in [6.45, 7) is 5.05. The van der Waals surface area contributed by atoms with Gasteiger partial charge in [-0.15, -0.1) is 11.3 Å². The summed E-state index contributed by atoms with van der Waals surface area (Å²) in [5, 5.41) is 7.22. The minimum absolute atomic E-state index is 0.00944. The third-order valence-electron chi connectivity index (χ3n) is 3.03. The van der Waals surface area contributed by atoms with Crippen LogP contribution in [0.2, 0.25) is 0 Å². The highest BCUT2D eigenvalue weighted by molar-refractivity contribution is 7.11. The molecule has 1 saturated heterocycles. The van der Waals surface area contributed by atoms with Crippen LogP contribution in [0.4, 0.5) is 0 Å². The van der Waals surface area contributed by atoms with Crippen LogP contribution >= 0.6 is 11.3 Å². The summed E-state index contributed by atoms with van der Waals surface area (Å²) < 4.78 is 0. The van der Waals surface area contributed by atoms with E-state index in [9.17, 15) is 4.79 Å². The number of aromatic nitrogens is 1. The molecule has 1 aromatic rings. The summed E-state index contributed by atoms with van der Waals surface area (Å²) in [6.07, 6.45) is 4.93. The molecule has 2 N–H and O–H groups in total. The zero-order chi connectivity index (χ0) is 12.3. The van der Waals surface area contributed by atoms with Gasteiger partial charge in [0.25, 0.3) is 0 Å². The lowest BCUT2D eigenvalue weighted by Crippen LogP contribution is -2.41. The number of thiazole rings is 1. The van der Waals surface area contributed by atoms with Crippen molar-refractivity contribution in [3.05, 3.63) is 16.1 Å². The number of hydrogen-bond acceptors (Lipinski definition) is 4. The third-order valence-corrected chi connectivity index (χ3v) is 4.35. The van der Waals surface area contributed by atoms with Crippen LogP contribution in [0.25, 0.3) is 0 Å². The predicted octanol–water partition coefficient (Wildman–Crippen LogP) is 1.63. The van der Waals surface area contributed by atoms with E-state index in [1.807, 2.05) is 13.1 Å². The van der Waals surface area contributed by atoms with Crippen LogP contribution in [0.5, 0.6) is 0 Å². The van der Waals surface area contributed by atoms with Gasteiger partial charge in [0.05, 0.1) is 12.1 Å². The molecule has 0 radical (unpaired) electrons. The molecule has 4 nitrogen and oxygen atoms in total. The molecule has 1 fully saturated rings. The largest absolute Gasteiger partial charge is 0.346 e. The quantitative estimate of drug-likeness (QED) is 0.857. The topological polar surface area (TPSA) is 54.0 Å². The van der Waals surface area contributed by atoms with E-state index in [-0.39, 0.29) is 18.0 Å². The van der Waals surface area contributed by atoms with Crippen molar-refractivity contribution in [2.75, 3.05) is 6.54 Å². The standard InChI is InChI=1S/C12H19N3OS/c1-3-9-7-14-12(17-9)8(2)15-11(16)10-5-4-6-13-10/h7-8,10,13H,3-6H2,1-2H3,(H,15,16). The number of aryl methyl sites for hydroxylation is 1. The minimum atomic E-state index is -0.0111. The minimum Gasteiger partial charge on any atom is -0.346 e. The van der Waals surface area contributed by atoms with Crippen molar-refractivity contribution in [2.24, 2.45) is 0 Å². The van der Waals surface area contributed by atoms with E-state index in [4.69, 9.17) is 0 Å². The normalized spacial score (nSPS) is 21.4. The average Bonchev–Trinajstić information content (AvgIpc) is 3.00. The molecule has 2 atom stereocenters. The molecule has 0 aromatic carbocycles. The Morgan fingerprint density at radius 2 is 2.59 bits per heavy atom. The van der Waals surface area contributed by atoms with Crippen molar-refractivity contribution in [3.8, 4) is 0 Å². The maximum atomic E-state index is 11.9. The van der Waals surface area contributed by atoms with Crippen LogP contribution in [0.1, 0.15) is 42.6 Å². The summed E-state index contributed by atoms with van der Waals surface area (Å²) in [7, 11) is 0. The van der Waals surface area contributed by atoms with E-state index >= 15 is 0 Å². The number of rotatable bonds is 4. The van der Waals surface area contributed by atoms with Crippen LogP contribution in [0.15, 0.2) is 6.20 Å². The zero-order valence-electron chi connectivity index (χ0n) is 10.3. The van der Waals surface area contributed by atoms with E-state index < -0.39 is 0 Å². The Kier molecular flexibility index (Phi) is 4.12. The second-order valence-corrected chi connectivity index (χ2v) is 5.54. The first-order chi connectivity index (χ1) is 8.20. The van der Waals surface area contributed by atoms with Gasteiger partial charge < -0.3 is 10.6 Å². The average molecular weight is 253 g/mol. The summed E-state index contributed by atoms with van der Waals surface area (Å²) in [6, 6.07) is -0.00161. The second kappa shape index (κ2) is 5.60. The van der Waals surface area contributed by atoms with Crippen LogP contribution in [-0.2, 0) is 11.2 Å². The number of hydrogen-bond donors (Lipinski definition) is 2. The number of nitrogens with one attached hydrogen (secondary N) is 2. The summed E-state index contributed by atoms with van der Waals surface area (Å²) >= 11 is 1.68. The number of amides is 1. The molecule has 1 aromatic heterocycles. The van der Waals surface area contributed by atoms with Crippen LogP contribution in [0, 0.1) is 0 Å². The smallest absolute Gasteiger partial charge is 0.237 e. The fourth-order valence-corrected chi connectivity index (χ4v) is 2.83. The monoisotopic (exact) mass is 253 g/mol. The molecule has 0 spiro atoms. The van der Waals surface area contributed by atoms with Crippen molar-refractivity contribution in [2.45, 2.75) is 45.2 Å². The Hall–Kier alpha value is -0.940. The van der Waals surface area contributed by atoms with Crippen molar-refractivity contribution in [1.82, 2.24) is 15.6 Å². The Labute approximate surface area is 106 Å². The van der Waals surface area contributed by atoms with Gasteiger partial charge in [0, 0.05) is 11.1 Å². The maximum absolute atomic E-state index is 11.9. The number of nitrogens with zero attached hydrogens (tertiary/aromatic N) is 1. The zero-order valence-corrected chi connectivity index (χ0v) is 11.1. The molecule has 1 aliphatic rings. The Balaban J connectivity index is 1.91. The maximum Gasteiger partial charge on any atom is 0.237 e. The number of carbonyl (C=O) groups excluding carboxylic acids is 1. The molecule has 2 unspecified atom stereocenters. The Bertz CT molecular complexity index is 385. The number of carbonyl (C=O) groups is 1. The first-order valence-electron chi connectivity index (χ1n) is 6.19. The first kappa shape index (κ1) is 12.5. The van der Waals surface area contributed by atoms with Gasteiger partial charge in [-0.1, -0.05) is 6.92 Å². The molecule has 5 heteroatoms.